The summed E-state index contributed by atoms with van der Waals surface area (Å²) in [5, 5.41) is 13.1. The fraction of sp³-hybridized carbons (Fsp3) is 0.303. The van der Waals surface area contributed by atoms with E-state index < -0.39 is 43.8 Å². The number of hydrogen-bond acceptors (Lipinski definition) is 23. The number of carbonyl (C=O) groups excluding carboxylic acids is 5. The number of aromatic nitrogens is 9. The maximum atomic E-state index is 13.4. The van der Waals surface area contributed by atoms with Crippen LogP contribution in [0.1, 0.15) is 133 Å². The molecular weight excluding hydrogens is 1560 g/mol. The highest BCUT2D eigenvalue weighted by Gasteiger charge is 2.27. The summed E-state index contributed by atoms with van der Waals surface area (Å²) >= 11 is 0. The molecule has 32 heteroatoms. The summed E-state index contributed by atoms with van der Waals surface area (Å²) in [4.78, 5) is 147. The van der Waals surface area contributed by atoms with Crippen LogP contribution in [-0.2, 0) is 85.3 Å². The van der Waals surface area contributed by atoms with Crippen LogP contribution < -0.4 is 54.0 Å². The van der Waals surface area contributed by atoms with Crippen LogP contribution in [0.25, 0.3) is 50.2 Å². The molecule has 2 fully saturated rings. The van der Waals surface area contributed by atoms with Crippen LogP contribution in [0, 0.1) is 0 Å². The summed E-state index contributed by atoms with van der Waals surface area (Å²) in [5.74, 6) is -0.276. The van der Waals surface area contributed by atoms with Crippen molar-refractivity contribution in [3.8, 4) is 17.1 Å². The van der Waals surface area contributed by atoms with Crippen molar-refractivity contribution < 1.29 is 46.9 Å². The first-order valence-electron chi connectivity index (χ1n) is 40.3. The van der Waals surface area contributed by atoms with Gasteiger partial charge in [-0.05, 0) is 219 Å². The van der Waals surface area contributed by atoms with Gasteiger partial charge >= 0.3 is 0 Å². The molecule has 622 valence electrons. The molecule has 0 spiro atoms. The number of nitrogens with one attached hydrogen (secondary N) is 7. The molecule has 3 aliphatic carbocycles. The Labute approximate surface area is 696 Å². The van der Waals surface area contributed by atoms with Crippen LogP contribution in [-0.4, -0.2) is 163 Å². The second-order valence-electron chi connectivity index (χ2n) is 30.5. The number of sulfone groups is 1. The van der Waals surface area contributed by atoms with Gasteiger partial charge in [-0.2, -0.15) is 15.0 Å². The van der Waals surface area contributed by atoms with Crippen LogP contribution in [0.4, 0.5) is 34.9 Å². The van der Waals surface area contributed by atoms with Gasteiger partial charge in [0.2, 0.25) is 45.9 Å². The second-order valence-corrected chi connectivity index (χ2v) is 32.8. The van der Waals surface area contributed by atoms with Crippen molar-refractivity contribution in [1.82, 2.24) is 75.2 Å². The largest absolute Gasteiger partial charge is 0.354 e. The third-order valence-electron chi connectivity index (χ3n) is 22.3. The lowest BCUT2D eigenvalue weighted by molar-refractivity contribution is -0.129. The minimum absolute atomic E-state index is 0.0505. The average Bonchev–Trinajstić information content (AvgIpc) is 1.67. The minimum Gasteiger partial charge on any atom is -0.354 e. The number of pyridine rings is 3. The molecule has 121 heavy (non-hydrogen) atoms. The van der Waals surface area contributed by atoms with Crippen molar-refractivity contribution >= 4 is 107 Å². The van der Waals surface area contributed by atoms with E-state index >= 15 is 0 Å². The van der Waals surface area contributed by atoms with E-state index in [-0.39, 0.29) is 63.0 Å². The van der Waals surface area contributed by atoms with Gasteiger partial charge in [-0.15, -0.1) is 0 Å². The number of amides is 5. The van der Waals surface area contributed by atoms with Gasteiger partial charge in [0.1, 0.15) is 26.5 Å². The van der Waals surface area contributed by atoms with Gasteiger partial charge in [-0.25, -0.2) is 39.8 Å². The molecule has 5 amide bonds. The number of piperazine rings is 1. The van der Waals surface area contributed by atoms with E-state index in [1.54, 1.807) is 27.5 Å². The summed E-state index contributed by atoms with van der Waals surface area (Å²) in [5.41, 5.74) is 22.0. The van der Waals surface area contributed by atoms with Gasteiger partial charge < -0.3 is 39.9 Å². The highest BCUT2D eigenvalue weighted by Crippen LogP contribution is 2.33. The zero-order chi connectivity index (χ0) is 84.4. The van der Waals surface area contributed by atoms with E-state index in [4.69, 9.17) is 24.5 Å². The molecule has 0 bridgehead atoms. The second kappa shape index (κ2) is 36.9. The molecule has 31 nitrogen and oxygen atoms in total. The summed E-state index contributed by atoms with van der Waals surface area (Å²) in [6, 6.07) is 42.0. The first-order valence-corrected chi connectivity index (χ1v) is 42.4. The Morgan fingerprint density at radius 1 is 0.496 bits per heavy atom. The van der Waals surface area contributed by atoms with E-state index in [1.165, 1.54) is 96.6 Å². The standard InChI is InChI=1S/C32H34N6O4.C30H31N7O4.C27H27N5O5S/c1-3-42-36-31(41)28-19-38(26-12-9-21-5-4-6-24(21)17-26)30-27(29(28)40)18-33-32(35-30)34-25-10-7-22(8-11-25)23-13-15-37(16-14-23)20(2)39;1-41-35-29(40)25-17-37(23-10-7-20-3-2-4-21(20)15-23)28-24(27(25)39)16-32-30(34-28)33-22-8-5-19(6-9-22)11-13-36-14-12-31-26(38)18-36;1-37-31-26(34)23-16-32(21-11-8-18-4-3-5-19(18)14-21)25-22(24(23)33)15-28-27(30-25)29-20-9-6-17(7-10-20)12-13-38(2,35)36/h7-12,17-19,23H,3-6,13-16H2,1-2H3,(H,36,41)(H,33,34,35);5-10,15-17H,2-4,11-14,18H2,1H3,(H,31,38)(H,35,40)(H,32,33,34);6-11,14-16H,3-5,12-13H2,1-2H3,(H,31,34)(H,28,29,30). The van der Waals surface area contributed by atoms with Crippen LogP contribution in [0.15, 0.2) is 179 Å². The first kappa shape index (κ1) is 82.8. The topological polar surface area (TPSA) is 381 Å². The van der Waals surface area contributed by atoms with Crippen molar-refractivity contribution in [3.05, 3.63) is 262 Å². The Morgan fingerprint density at radius 3 is 1.26 bits per heavy atom. The van der Waals surface area contributed by atoms with Crippen LogP contribution in [0.2, 0.25) is 0 Å². The molecule has 0 saturated carbocycles. The SMILES string of the molecule is CCONC(=O)c1cn(-c2ccc3c(c2)CCC3)c2nc(Nc3ccc(C4CCN(C(C)=O)CC4)cc3)ncc2c1=O.CONC(=O)c1cn(-c2ccc3c(c2)CCC3)c2nc(Nc3ccc(CCN4CCNC(=O)C4)cc3)ncc2c1=O.CONC(=O)c1cn(-c2ccc3c(c2)CCC3)c2nc(Nc3ccc(CCS(C)(=O)=O)cc3)ncc2c1=O. The lowest BCUT2D eigenvalue weighted by Gasteiger charge is -2.31. The highest BCUT2D eigenvalue weighted by molar-refractivity contribution is 7.90. The Bertz CT molecular complexity index is 6290. The predicted molar refractivity (Wildman–Crippen MR) is 459 cm³/mol. The molecular formula is C89H92N18O13S. The first-order chi connectivity index (χ1) is 58.6. The Hall–Kier alpha value is -13.3. The van der Waals surface area contributed by atoms with Gasteiger partial charge in [0.15, 0.2) is 16.9 Å². The van der Waals surface area contributed by atoms with E-state index in [1.807, 2.05) is 83.8 Å². The molecule has 6 aromatic carbocycles. The van der Waals surface area contributed by atoms with Gasteiger partial charge in [-0.3, -0.25) is 57.8 Å². The summed E-state index contributed by atoms with van der Waals surface area (Å²) in [7, 11) is -0.421. The van der Waals surface area contributed by atoms with Crippen LogP contribution >= 0.6 is 0 Å². The third kappa shape index (κ3) is 19.4. The minimum atomic E-state index is -3.04. The lowest BCUT2D eigenvalue weighted by atomic mass is 9.89. The average molecular weight is 1650 g/mol. The van der Waals surface area contributed by atoms with E-state index in [0.717, 1.165) is 143 Å². The highest BCUT2D eigenvalue weighted by atomic mass is 32.2. The van der Waals surface area contributed by atoms with Crippen molar-refractivity contribution in [2.75, 3.05) is 88.1 Å². The molecule has 0 atom stereocenters. The molecule has 7 N–H and O–H groups in total. The van der Waals surface area contributed by atoms with Crippen LogP contribution in [0.5, 0.6) is 0 Å². The Kier molecular flexibility index (Phi) is 25.3. The van der Waals surface area contributed by atoms with Crippen LogP contribution in [0.3, 0.4) is 0 Å². The number of benzene rings is 6. The van der Waals surface area contributed by atoms with Gasteiger partial charge in [0, 0.05) is 117 Å². The number of anilines is 6. The molecule has 12 aromatic rings. The normalized spacial score (nSPS) is 14.4. The molecule has 0 unspecified atom stereocenters. The number of carbonyl (C=O) groups is 5. The fourth-order valence-corrected chi connectivity index (χ4v) is 16.5. The monoisotopic (exact) mass is 1650 g/mol. The molecule has 2 saturated heterocycles. The zero-order valence-corrected chi connectivity index (χ0v) is 68.5. The number of nitrogens with zero attached hydrogens (tertiary/aromatic N) is 11. The number of aryl methyl sites for hydroxylation is 7. The van der Waals surface area contributed by atoms with Gasteiger partial charge in [0.05, 0.1) is 49.3 Å². The zero-order valence-electron chi connectivity index (χ0n) is 67.6. The quantitative estimate of drug-likeness (QED) is 0.0293. The van der Waals surface area contributed by atoms with Gasteiger partial charge in [-0.1, -0.05) is 54.6 Å². The number of likely N-dealkylation sites (tertiary alicyclic amines) is 1. The predicted octanol–water partition coefficient (Wildman–Crippen LogP) is 9.59. The molecule has 5 aliphatic rings. The smallest absolute Gasteiger partial charge is 0.280 e. The lowest BCUT2D eigenvalue weighted by Crippen LogP contribution is -2.48. The molecule has 2 aliphatic heterocycles. The number of hydroxylamine groups is 3. The summed E-state index contributed by atoms with van der Waals surface area (Å²) in [6.45, 7) is 8.02. The molecule has 0 radical (unpaired) electrons. The molecule has 6 aromatic heterocycles. The fourth-order valence-electron chi connectivity index (χ4n) is 15.9. The van der Waals surface area contributed by atoms with E-state index in [9.17, 15) is 46.8 Å². The number of rotatable bonds is 23. The molecule has 17 rings (SSSR count). The van der Waals surface area contributed by atoms with Crippen molar-refractivity contribution in [1.29, 1.82) is 0 Å². The number of piperidine rings is 1. The maximum absolute atomic E-state index is 13.4. The summed E-state index contributed by atoms with van der Waals surface area (Å²) < 4.78 is 28.1. The van der Waals surface area contributed by atoms with Gasteiger partial charge in [0.25, 0.3) is 17.7 Å². The maximum Gasteiger partial charge on any atom is 0.280 e. The number of fused-ring (bicyclic) bond motifs is 6. The van der Waals surface area contributed by atoms with E-state index in [0.29, 0.717) is 60.0 Å². The summed E-state index contributed by atoms with van der Waals surface area (Å²) in [6.07, 6.45) is 22.6. The molecule has 8 heterocycles. The van der Waals surface area contributed by atoms with Crippen molar-refractivity contribution in [2.45, 2.75) is 103 Å². The van der Waals surface area contributed by atoms with Crippen molar-refractivity contribution in [3.63, 3.8) is 0 Å². The van der Waals surface area contributed by atoms with Crippen molar-refractivity contribution in [2.24, 2.45) is 0 Å². The Morgan fingerprint density at radius 2 is 0.884 bits per heavy atom. The number of hydrogen-bond donors (Lipinski definition) is 7. The Balaban J connectivity index is 0.000000141. The van der Waals surface area contributed by atoms with E-state index in [2.05, 4.69) is 111 Å². The third-order valence-corrected chi connectivity index (χ3v) is 23.3.